The van der Waals surface area contributed by atoms with Crippen LogP contribution < -0.4 is 0 Å². The second kappa shape index (κ2) is 4.92. The van der Waals surface area contributed by atoms with Crippen LogP contribution in [0.2, 0.25) is 0 Å². The molecular formula is C11H15NO4. The highest BCUT2D eigenvalue weighted by molar-refractivity contribution is 5.68. The van der Waals surface area contributed by atoms with E-state index in [2.05, 4.69) is 0 Å². The molecule has 0 radical (unpaired) electrons. The SMILES string of the molecule is CCOC(=O)N1CC=C(C2OC=CO2)CC1. The second-order valence-corrected chi connectivity index (χ2v) is 3.55. The Bertz CT molecular complexity index is 316. The Hall–Kier alpha value is -1.65. The van der Waals surface area contributed by atoms with Crippen molar-refractivity contribution >= 4 is 6.09 Å². The third-order valence-corrected chi connectivity index (χ3v) is 2.53. The molecule has 0 bridgehead atoms. The molecule has 0 aromatic rings. The van der Waals surface area contributed by atoms with Gasteiger partial charge in [0.05, 0.1) is 6.61 Å². The lowest BCUT2D eigenvalue weighted by Crippen LogP contribution is -2.36. The molecule has 0 aromatic heterocycles. The number of rotatable bonds is 2. The summed E-state index contributed by atoms with van der Waals surface area (Å²) in [4.78, 5) is 13.1. The summed E-state index contributed by atoms with van der Waals surface area (Å²) in [6.45, 7) is 3.41. The fourth-order valence-electron chi connectivity index (χ4n) is 1.69. The van der Waals surface area contributed by atoms with E-state index in [4.69, 9.17) is 14.2 Å². The molecule has 0 saturated heterocycles. The summed E-state index contributed by atoms with van der Waals surface area (Å²) >= 11 is 0. The molecule has 88 valence electrons. The Morgan fingerprint density at radius 1 is 1.56 bits per heavy atom. The quantitative estimate of drug-likeness (QED) is 0.670. The lowest BCUT2D eigenvalue weighted by Gasteiger charge is -2.27. The van der Waals surface area contributed by atoms with Crippen LogP contribution in [0.1, 0.15) is 13.3 Å². The van der Waals surface area contributed by atoms with Gasteiger partial charge in [0.25, 0.3) is 6.29 Å². The zero-order valence-electron chi connectivity index (χ0n) is 9.22. The van der Waals surface area contributed by atoms with Gasteiger partial charge in [0.15, 0.2) is 0 Å². The molecule has 0 aromatic carbocycles. The molecule has 2 aliphatic heterocycles. The maximum atomic E-state index is 11.4. The van der Waals surface area contributed by atoms with E-state index in [-0.39, 0.29) is 12.4 Å². The smallest absolute Gasteiger partial charge is 0.410 e. The third kappa shape index (κ3) is 2.29. The summed E-state index contributed by atoms with van der Waals surface area (Å²) < 4.78 is 15.4. The molecule has 0 saturated carbocycles. The highest BCUT2D eigenvalue weighted by atomic mass is 16.7. The molecule has 2 heterocycles. The zero-order valence-corrected chi connectivity index (χ0v) is 9.22. The Balaban J connectivity index is 1.86. The van der Waals surface area contributed by atoms with Crippen molar-refractivity contribution in [3.8, 4) is 0 Å². The molecule has 0 N–H and O–H groups in total. The molecule has 5 heteroatoms. The van der Waals surface area contributed by atoms with Crippen molar-refractivity contribution in [1.82, 2.24) is 4.90 Å². The number of nitrogens with zero attached hydrogens (tertiary/aromatic N) is 1. The number of hydrogen-bond acceptors (Lipinski definition) is 4. The van der Waals surface area contributed by atoms with Crippen molar-refractivity contribution in [2.24, 2.45) is 0 Å². The highest BCUT2D eigenvalue weighted by Gasteiger charge is 2.24. The zero-order chi connectivity index (χ0) is 11.4. The first-order valence-corrected chi connectivity index (χ1v) is 5.38. The van der Waals surface area contributed by atoms with E-state index < -0.39 is 0 Å². The van der Waals surface area contributed by atoms with Crippen LogP contribution in [0.3, 0.4) is 0 Å². The van der Waals surface area contributed by atoms with Crippen LogP contribution in [-0.4, -0.2) is 37.0 Å². The minimum Gasteiger partial charge on any atom is -0.455 e. The van der Waals surface area contributed by atoms with Crippen LogP contribution in [0.25, 0.3) is 0 Å². The Kier molecular flexibility index (Phi) is 3.34. The fraction of sp³-hybridized carbons (Fsp3) is 0.545. The Morgan fingerprint density at radius 2 is 2.31 bits per heavy atom. The van der Waals surface area contributed by atoms with Gasteiger partial charge in [0.2, 0.25) is 0 Å². The van der Waals surface area contributed by atoms with Gasteiger partial charge < -0.3 is 19.1 Å². The standard InChI is InChI=1S/C11H15NO4/c1-2-14-11(13)12-5-3-9(4-6-12)10-15-7-8-16-10/h3,7-8,10H,2,4-6H2,1H3. The minimum atomic E-state index is -0.302. The molecule has 0 aliphatic carbocycles. The van der Waals surface area contributed by atoms with Gasteiger partial charge in [-0.3, -0.25) is 0 Å². The van der Waals surface area contributed by atoms with Crippen molar-refractivity contribution in [2.45, 2.75) is 19.6 Å². The predicted octanol–water partition coefficient (Wildman–Crippen LogP) is 1.62. The number of ether oxygens (including phenoxy) is 3. The Morgan fingerprint density at radius 3 is 2.88 bits per heavy atom. The molecule has 2 aliphatic rings. The average molecular weight is 225 g/mol. The predicted molar refractivity (Wildman–Crippen MR) is 56.4 cm³/mol. The Labute approximate surface area is 94.3 Å². The van der Waals surface area contributed by atoms with Crippen molar-refractivity contribution in [1.29, 1.82) is 0 Å². The average Bonchev–Trinajstić information content (AvgIpc) is 2.83. The number of carbonyl (C=O) groups is 1. The highest BCUT2D eigenvalue weighted by Crippen LogP contribution is 2.21. The van der Waals surface area contributed by atoms with Crippen molar-refractivity contribution in [2.75, 3.05) is 19.7 Å². The van der Waals surface area contributed by atoms with Gasteiger partial charge in [0.1, 0.15) is 12.5 Å². The van der Waals surface area contributed by atoms with Crippen molar-refractivity contribution in [3.05, 3.63) is 24.2 Å². The maximum Gasteiger partial charge on any atom is 0.410 e. The lowest BCUT2D eigenvalue weighted by atomic mass is 10.1. The van der Waals surface area contributed by atoms with Crippen LogP contribution in [0.4, 0.5) is 4.79 Å². The van der Waals surface area contributed by atoms with Crippen LogP contribution in [0, 0.1) is 0 Å². The molecule has 2 rings (SSSR count). The van der Waals surface area contributed by atoms with Gasteiger partial charge >= 0.3 is 6.09 Å². The number of amides is 1. The molecule has 0 unspecified atom stereocenters. The van der Waals surface area contributed by atoms with Gasteiger partial charge in [-0.2, -0.15) is 0 Å². The third-order valence-electron chi connectivity index (χ3n) is 2.53. The van der Waals surface area contributed by atoms with Crippen molar-refractivity contribution < 1.29 is 19.0 Å². The van der Waals surface area contributed by atoms with Crippen molar-refractivity contribution in [3.63, 3.8) is 0 Å². The van der Waals surface area contributed by atoms with E-state index in [9.17, 15) is 4.79 Å². The lowest BCUT2D eigenvalue weighted by molar-refractivity contribution is 0.00366. The molecule has 0 atom stereocenters. The monoisotopic (exact) mass is 225 g/mol. The summed E-state index contributed by atoms with van der Waals surface area (Å²) in [5, 5.41) is 0. The molecule has 0 spiro atoms. The van der Waals surface area contributed by atoms with E-state index in [0.717, 1.165) is 12.0 Å². The minimum absolute atomic E-state index is 0.260. The summed E-state index contributed by atoms with van der Waals surface area (Å²) in [5.41, 5.74) is 1.07. The van der Waals surface area contributed by atoms with E-state index in [0.29, 0.717) is 19.7 Å². The van der Waals surface area contributed by atoms with Gasteiger partial charge in [-0.05, 0) is 13.3 Å². The van der Waals surface area contributed by atoms with Crippen LogP contribution in [0.15, 0.2) is 24.2 Å². The normalized spacial score (nSPS) is 20.1. The molecule has 1 amide bonds. The summed E-state index contributed by atoms with van der Waals surface area (Å²) in [7, 11) is 0. The number of carbonyl (C=O) groups excluding carboxylic acids is 1. The number of hydrogen-bond donors (Lipinski definition) is 0. The fourth-order valence-corrected chi connectivity index (χ4v) is 1.69. The van der Waals surface area contributed by atoms with Gasteiger partial charge in [-0.15, -0.1) is 0 Å². The van der Waals surface area contributed by atoms with Crippen LogP contribution in [0.5, 0.6) is 0 Å². The van der Waals surface area contributed by atoms with E-state index in [1.807, 2.05) is 6.08 Å². The van der Waals surface area contributed by atoms with Gasteiger partial charge in [0, 0.05) is 18.7 Å². The second-order valence-electron chi connectivity index (χ2n) is 3.55. The molecule has 0 fully saturated rings. The van der Waals surface area contributed by atoms with E-state index in [1.165, 1.54) is 12.5 Å². The maximum absolute atomic E-state index is 11.4. The van der Waals surface area contributed by atoms with Crippen LogP contribution >= 0.6 is 0 Å². The first kappa shape index (κ1) is 10.9. The van der Waals surface area contributed by atoms with Gasteiger partial charge in [-0.25, -0.2) is 4.79 Å². The van der Waals surface area contributed by atoms with E-state index >= 15 is 0 Å². The first-order chi connectivity index (χ1) is 7.81. The van der Waals surface area contributed by atoms with E-state index in [1.54, 1.807) is 11.8 Å². The topological polar surface area (TPSA) is 48.0 Å². The molecular weight excluding hydrogens is 210 g/mol. The largest absolute Gasteiger partial charge is 0.455 e. The van der Waals surface area contributed by atoms with Gasteiger partial charge in [-0.1, -0.05) is 6.08 Å². The van der Waals surface area contributed by atoms with Crippen LogP contribution in [-0.2, 0) is 14.2 Å². The summed E-state index contributed by atoms with van der Waals surface area (Å²) in [5.74, 6) is 0. The molecule has 16 heavy (non-hydrogen) atoms. The summed E-state index contributed by atoms with van der Waals surface area (Å²) in [6.07, 6.45) is 5.21. The summed E-state index contributed by atoms with van der Waals surface area (Å²) in [6, 6.07) is 0. The molecule has 5 nitrogen and oxygen atoms in total. The first-order valence-electron chi connectivity index (χ1n) is 5.38.